The van der Waals surface area contributed by atoms with Crippen LogP contribution in [0, 0.1) is 5.92 Å². The minimum atomic E-state index is 0.124. The molecule has 0 saturated heterocycles. The molecule has 1 aliphatic carbocycles. The van der Waals surface area contributed by atoms with E-state index >= 15 is 0 Å². The van der Waals surface area contributed by atoms with Crippen LogP contribution in [0.4, 0.5) is 0 Å². The highest BCUT2D eigenvalue weighted by molar-refractivity contribution is 8.03. The summed E-state index contributed by atoms with van der Waals surface area (Å²) in [6.07, 6.45) is 2.20. The molecule has 1 aliphatic heterocycles. The van der Waals surface area contributed by atoms with Crippen molar-refractivity contribution < 1.29 is 4.79 Å². The topological polar surface area (TPSA) is 55.1 Å². The Bertz CT molecular complexity index is 249. The van der Waals surface area contributed by atoms with Gasteiger partial charge in [-0.15, -0.1) is 11.8 Å². The highest BCUT2D eigenvalue weighted by Crippen LogP contribution is 2.38. The van der Waals surface area contributed by atoms with Crippen molar-refractivity contribution in [2.45, 2.75) is 12.8 Å². The molecule has 2 aliphatic rings. The average molecular weight is 184 g/mol. The Kier molecular flexibility index (Phi) is 2.11. The maximum absolute atomic E-state index is 11.1. The summed E-state index contributed by atoms with van der Waals surface area (Å²) in [5.41, 5.74) is 6.70. The highest BCUT2D eigenvalue weighted by Gasteiger charge is 2.29. The zero-order chi connectivity index (χ0) is 8.55. The molecule has 0 fully saturated rings. The molecular formula is C8H12N2OS. The van der Waals surface area contributed by atoms with Crippen molar-refractivity contribution in [2.75, 3.05) is 12.3 Å². The van der Waals surface area contributed by atoms with Gasteiger partial charge in [0.05, 0.1) is 5.75 Å². The van der Waals surface area contributed by atoms with Gasteiger partial charge in [-0.2, -0.15) is 0 Å². The molecule has 12 heavy (non-hydrogen) atoms. The van der Waals surface area contributed by atoms with Crippen molar-refractivity contribution in [2.24, 2.45) is 11.7 Å². The maximum atomic E-state index is 11.1. The van der Waals surface area contributed by atoms with E-state index < -0.39 is 0 Å². The molecule has 0 aromatic rings. The molecule has 4 heteroatoms. The van der Waals surface area contributed by atoms with Gasteiger partial charge in [0.15, 0.2) is 0 Å². The Balaban J connectivity index is 2.19. The van der Waals surface area contributed by atoms with Crippen LogP contribution in [0.5, 0.6) is 0 Å². The van der Waals surface area contributed by atoms with Crippen molar-refractivity contribution in [1.29, 1.82) is 0 Å². The third-order valence-electron chi connectivity index (χ3n) is 2.36. The zero-order valence-corrected chi connectivity index (χ0v) is 7.62. The van der Waals surface area contributed by atoms with E-state index in [1.54, 1.807) is 11.8 Å². The fourth-order valence-electron chi connectivity index (χ4n) is 1.71. The predicted molar refractivity (Wildman–Crippen MR) is 49.4 cm³/mol. The van der Waals surface area contributed by atoms with Crippen LogP contribution in [0.25, 0.3) is 0 Å². The van der Waals surface area contributed by atoms with E-state index in [9.17, 15) is 4.79 Å². The monoisotopic (exact) mass is 184 g/mol. The zero-order valence-electron chi connectivity index (χ0n) is 6.80. The average Bonchev–Trinajstić information content (AvgIpc) is 2.46. The largest absolute Gasteiger partial charge is 0.330 e. The van der Waals surface area contributed by atoms with Crippen LogP contribution in [0.15, 0.2) is 10.6 Å². The van der Waals surface area contributed by atoms with Gasteiger partial charge in [0.25, 0.3) is 0 Å². The summed E-state index contributed by atoms with van der Waals surface area (Å²) in [6.45, 7) is 0.652. The number of thioether (sulfide) groups is 1. The van der Waals surface area contributed by atoms with E-state index in [4.69, 9.17) is 5.73 Å². The second kappa shape index (κ2) is 3.11. The Morgan fingerprint density at radius 1 is 1.67 bits per heavy atom. The number of nitrogens with one attached hydrogen (secondary N) is 1. The van der Waals surface area contributed by atoms with Crippen molar-refractivity contribution in [3.8, 4) is 0 Å². The van der Waals surface area contributed by atoms with Crippen LogP contribution >= 0.6 is 11.8 Å². The van der Waals surface area contributed by atoms with E-state index in [0.717, 1.165) is 18.5 Å². The lowest BCUT2D eigenvalue weighted by atomic mass is 10.1. The maximum Gasteiger partial charge on any atom is 0.234 e. The SMILES string of the molecule is NCC1CCC2=C1NC(=O)CS2. The third kappa shape index (κ3) is 1.25. The summed E-state index contributed by atoms with van der Waals surface area (Å²) >= 11 is 1.67. The summed E-state index contributed by atoms with van der Waals surface area (Å²) < 4.78 is 0. The molecule has 0 spiro atoms. The summed E-state index contributed by atoms with van der Waals surface area (Å²) in [7, 11) is 0. The first kappa shape index (κ1) is 8.13. The molecule has 1 unspecified atom stereocenters. The van der Waals surface area contributed by atoms with E-state index in [-0.39, 0.29) is 5.91 Å². The van der Waals surface area contributed by atoms with Gasteiger partial charge in [-0.25, -0.2) is 0 Å². The van der Waals surface area contributed by atoms with Gasteiger partial charge >= 0.3 is 0 Å². The molecular weight excluding hydrogens is 172 g/mol. The Morgan fingerprint density at radius 3 is 3.25 bits per heavy atom. The molecule has 1 amide bonds. The quantitative estimate of drug-likeness (QED) is 0.621. The normalized spacial score (nSPS) is 28.8. The number of amides is 1. The fourth-order valence-corrected chi connectivity index (χ4v) is 2.72. The van der Waals surface area contributed by atoms with E-state index in [1.165, 1.54) is 4.91 Å². The lowest BCUT2D eigenvalue weighted by Crippen LogP contribution is -2.32. The smallest absolute Gasteiger partial charge is 0.234 e. The van der Waals surface area contributed by atoms with Crippen molar-refractivity contribution in [3.05, 3.63) is 10.6 Å². The van der Waals surface area contributed by atoms with Crippen LogP contribution in [0.2, 0.25) is 0 Å². The Morgan fingerprint density at radius 2 is 2.50 bits per heavy atom. The first-order valence-corrected chi connectivity index (χ1v) is 5.15. The molecule has 3 N–H and O–H groups in total. The third-order valence-corrected chi connectivity index (χ3v) is 3.54. The predicted octanol–water partition coefficient (Wildman–Crippen LogP) is 0.430. The molecule has 0 bridgehead atoms. The Hall–Kier alpha value is -0.480. The van der Waals surface area contributed by atoms with Crippen LogP contribution in [-0.2, 0) is 4.79 Å². The second-order valence-corrected chi connectivity index (χ2v) is 4.22. The molecule has 0 saturated carbocycles. The molecule has 66 valence electrons. The minimum Gasteiger partial charge on any atom is -0.330 e. The standard InChI is InChI=1S/C8H12N2OS/c9-3-5-1-2-6-8(5)10-7(11)4-12-6/h5H,1-4,9H2,(H,10,11). The highest BCUT2D eigenvalue weighted by atomic mass is 32.2. The van der Waals surface area contributed by atoms with E-state index in [0.29, 0.717) is 18.2 Å². The Labute approximate surface area is 75.8 Å². The lowest BCUT2D eigenvalue weighted by molar-refractivity contribution is -0.118. The van der Waals surface area contributed by atoms with Crippen LogP contribution in [0.3, 0.4) is 0 Å². The fraction of sp³-hybridized carbons (Fsp3) is 0.625. The van der Waals surface area contributed by atoms with E-state index in [1.807, 2.05) is 0 Å². The van der Waals surface area contributed by atoms with Crippen LogP contribution in [-0.4, -0.2) is 18.2 Å². The molecule has 1 atom stereocenters. The molecule has 0 aromatic carbocycles. The summed E-state index contributed by atoms with van der Waals surface area (Å²) in [4.78, 5) is 12.4. The van der Waals surface area contributed by atoms with Gasteiger partial charge in [-0.1, -0.05) is 0 Å². The molecule has 0 aromatic heterocycles. The molecule has 3 nitrogen and oxygen atoms in total. The van der Waals surface area contributed by atoms with Gasteiger partial charge in [-0.05, 0) is 12.8 Å². The van der Waals surface area contributed by atoms with Crippen molar-refractivity contribution >= 4 is 17.7 Å². The van der Waals surface area contributed by atoms with Gasteiger partial charge < -0.3 is 11.1 Å². The number of carbonyl (C=O) groups is 1. The van der Waals surface area contributed by atoms with Gasteiger partial charge in [-0.3, -0.25) is 4.79 Å². The number of nitrogens with two attached hydrogens (primary N) is 1. The van der Waals surface area contributed by atoms with Crippen molar-refractivity contribution in [1.82, 2.24) is 5.32 Å². The first-order chi connectivity index (χ1) is 5.81. The van der Waals surface area contributed by atoms with Gasteiger partial charge in [0.1, 0.15) is 0 Å². The number of rotatable bonds is 1. The first-order valence-electron chi connectivity index (χ1n) is 4.17. The van der Waals surface area contributed by atoms with Gasteiger partial charge in [0, 0.05) is 23.1 Å². The summed E-state index contributed by atoms with van der Waals surface area (Å²) in [5.74, 6) is 1.10. The van der Waals surface area contributed by atoms with Crippen LogP contribution in [0.1, 0.15) is 12.8 Å². The number of allylic oxidation sites excluding steroid dienone is 1. The molecule has 2 rings (SSSR count). The van der Waals surface area contributed by atoms with Gasteiger partial charge in [0.2, 0.25) is 5.91 Å². The van der Waals surface area contributed by atoms with E-state index in [2.05, 4.69) is 5.32 Å². The second-order valence-electron chi connectivity index (χ2n) is 3.15. The lowest BCUT2D eigenvalue weighted by Gasteiger charge is -2.18. The number of carbonyl (C=O) groups excluding carboxylic acids is 1. The molecule has 0 radical (unpaired) electrons. The van der Waals surface area contributed by atoms with Crippen molar-refractivity contribution in [3.63, 3.8) is 0 Å². The van der Waals surface area contributed by atoms with Crippen LogP contribution < -0.4 is 11.1 Å². The summed E-state index contributed by atoms with van der Waals surface area (Å²) in [5, 5.41) is 2.92. The number of hydrogen-bond acceptors (Lipinski definition) is 3. The summed E-state index contributed by atoms with van der Waals surface area (Å²) in [6, 6.07) is 0. The molecule has 1 heterocycles. The number of hydrogen-bond donors (Lipinski definition) is 2. The minimum absolute atomic E-state index is 0.124.